The van der Waals surface area contributed by atoms with Gasteiger partial charge in [-0.3, -0.25) is 14.6 Å². The first-order chi connectivity index (χ1) is 21.4. The van der Waals surface area contributed by atoms with E-state index in [2.05, 4.69) is 23.1 Å². The minimum absolute atomic E-state index is 0.0742. The van der Waals surface area contributed by atoms with Crippen LogP contribution in [0.25, 0.3) is 11.0 Å². The molecule has 1 fully saturated rings. The van der Waals surface area contributed by atoms with Crippen molar-refractivity contribution in [3.8, 4) is 0 Å². The number of ether oxygens (including phenoxy) is 2. The number of aliphatic hydroxyl groups excluding tert-OH is 1. The Balaban J connectivity index is 1.53. The number of anilines is 1. The number of hydrogen-bond acceptors (Lipinski definition) is 14. The highest BCUT2D eigenvalue weighted by Crippen LogP contribution is 2.66. The SMILES string of the molecule is CC(C)C[C@H](OCc1cn([C@H]2C[C@@H](O)[C@@H](COP(=O)(O)OP(=O)(O)OP(=O)(O)O)O2)c2ncnc(N)c12)c1ccccc1[N+](=O)[O-]. The highest BCUT2D eigenvalue weighted by molar-refractivity contribution is 7.66. The summed E-state index contributed by atoms with van der Waals surface area (Å²) in [4.78, 5) is 55.9. The first-order valence-corrected chi connectivity index (χ1v) is 17.9. The molecule has 254 valence electrons. The van der Waals surface area contributed by atoms with Gasteiger partial charge in [0.05, 0.1) is 41.3 Å². The molecule has 7 N–H and O–H groups in total. The van der Waals surface area contributed by atoms with E-state index in [9.17, 15) is 38.7 Å². The number of fused-ring (bicyclic) bond motifs is 1. The number of nitrogen functional groups attached to an aromatic ring is 1. The van der Waals surface area contributed by atoms with Crippen LogP contribution >= 0.6 is 23.5 Å². The molecular formula is C23H32N5O15P3. The molecule has 0 bridgehead atoms. The van der Waals surface area contributed by atoms with Gasteiger partial charge in [0.25, 0.3) is 5.69 Å². The Morgan fingerprint density at radius 2 is 1.83 bits per heavy atom. The van der Waals surface area contributed by atoms with Gasteiger partial charge in [0, 0.05) is 24.2 Å². The average molecular weight is 711 g/mol. The minimum atomic E-state index is -5.73. The Labute approximate surface area is 260 Å². The molecule has 2 unspecified atom stereocenters. The number of benzene rings is 1. The van der Waals surface area contributed by atoms with E-state index >= 15 is 0 Å². The van der Waals surface area contributed by atoms with Crippen LogP contribution in [0, 0.1) is 16.0 Å². The molecule has 0 amide bonds. The van der Waals surface area contributed by atoms with Crippen molar-refractivity contribution in [1.29, 1.82) is 0 Å². The molecule has 0 spiro atoms. The van der Waals surface area contributed by atoms with Gasteiger partial charge in [0.1, 0.15) is 30.1 Å². The molecule has 1 aliphatic heterocycles. The van der Waals surface area contributed by atoms with Crippen molar-refractivity contribution < 1.29 is 65.9 Å². The third-order valence-corrected chi connectivity index (χ3v) is 10.5. The smallest absolute Gasteiger partial charge is 0.390 e. The van der Waals surface area contributed by atoms with Gasteiger partial charge in [-0.15, -0.1) is 0 Å². The average Bonchev–Trinajstić information content (AvgIpc) is 3.48. The lowest BCUT2D eigenvalue weighted by molar-refractivity contribution is -0.386. The maximum Gasteiger partial charge on any atom is 0.490 e. The van der Waals surface area contributed by atoms with Gasteiger partial charge in [-0.05, 0) is 18.4 Å². The number of rotatable bonds is 15. The number of aromatic nitrogens is 3. The molecule has 1 aromatic carbocycles. The van der Waals surface area contributed by atoms with E-state index < -0.39 is 59.5 Å². The number of para-hydroxylation sites is 1. The van der Waals surface area contributed by atoms with Gasteiger partial charge in [-0.1, -0.05) is 26.0 Å². The molecule has 1 aliphatic rings. The normalized spacial score (nSPS) is 22.1. The quantitative estimate of drug-likeness (QED) is 0.0749. The maximum atomic E-state index is 12.1. The van der Waals surface area contributed by atoms with Gasteiger partial charge >= 0.3 is 23.5 Å². The van der Waals surface area contributed by atoms with Gasteiger partial charge in [0.15, 0.2) is 0 Å². The van der Waals surface area contributed by atoms with Crippen molar-refractivity contribution in [2.75, 3.05) is 12.3 Å². The lowest BCUT2D eigenvalue weighted by atomic mass is 9.98. The number of nitro benzene ring substituents is 1. The second kappa shape index (κ2) is 14.2. The van der Waals surface area contributed by atoms with E-state index in [0.717, 1.165) is 0 Å². The summed E-state index contributed by atoms with van der Waals surface area (Å²) in [6, 6.07) is 6.27. The predicted octanol–water partition coefficient (Wildman–Crippen LogP) is 3.22. The fraction of sp³-hybridized carbons (Fsp3) is 0.478. The van der Waals surface area contributed by atoms with Crippen LogP contribution in [-0.2, 0) is 42.9 Å². The van der Waals surface area contributed by atoms with Crippen molar-refractivity contribution in [2.24, 2.45) is 5.92 Å². The van der Waals surface area contributed by atoms with E-state index in [-0.39, 0.29) is 36.1 Å². The Morgan fingerprint density at radius 3 is 2.48 bits per heavy atom. The second-order valence-corrected chi connectivity index (χ2v) is 15.0. The Bertz CT molecular complexity index is 1720. The highest BCUT2D eigenvalue weighted by Gasteiger charge is 2.43. The van der Waals surface area contributed by atoms with Crippen LogP contribution in [-0.4, -0.2) is 63.0 Å². The summed E-state index contributed by atoms with van der Waals surface area (Å²) in [5.41, 5.74) is 7.26. The summed E-state index contributed by atoms with van der Waals surface area (Å²) in [5.74, 6) is 0.214. The van der Waals surface area contributed by atoms with Crippen molar-refractivity contribution in [3.63, 3.8) is 0 Å². The molecule has 0 saturated carbocycles. The van der Waals surface area contributed by atoms with Crippen LogP contribution in [0.1, 0.15) is 50.1 Å². The van der Waals surface area contributed by atoms with Crippen LogP contribution in [0.2, 0.25) is 0 Å². The highest BCUT2D eigenvalue weighted by atomic mass is 31.3. The number of nitrogens with two attached hydrogens (primary N) is 1. The van der Waals surface area contributed by atoms with E-state index in [1.807, 2.05) is 13.8 Å². The molecule has 2 aromatic heterocycles. The minimum Gasteiger partial charge on any atom is -0.390 e. The molecular weight excluding hydrogens is 679 g/mol. The first-order valence-electron chi connectivity index (χ1n) is 13.4. The molecule has 0 aliphatic carbocycles. The van der Waals surface area contributed by atoms with Crippen LogP contribution < -0.4 is 5.73 Å². The van der Waals surface area contributed by atoms with Crippen molar-refractivity contribution in [2.45, 2.75) is 57.8 Å². The molecule has 6 atom stereocenters. The first kappa shape index (κ1) is 36.2. The van der Waals surface area contributed by atoms with Crippen LogP contribution in [0.4, 0.5) is 11.5 Å². The zero-order valence-corrected chi connectivity index (χ0v) is 26.9. The van der Waals surface area contributed by atoms with E-state index in [0.29, 0.717) is 22.9 Å². The lowest BCUT2D eigenvalue weighted by Crippen LogP contribution is -2.26. The third-order valence-electron chi connectivity index (χ3n) is 6.66. The molecule has 20 nitrogen and oxygen atoms in total. The predicted molar refractivity (Wildman–Crippen MR) is 156 cm³/mol. The molecule has 1 saturated heterocycles. The zero-order chi connectivity index (χ0) is 34.0. The number of aliphatic hydroxyl groups is 1. The summed E-state index contributed by atoms with van der Waals surface area (Å²) in [5, 5.41) is 22.7. The largest absolute Gasteiger partial charge is 0.490 e. The van der Waals surface area contributed by atoms with Crippen LogP contribution in [0.15, 0.2) is 36.8 Å². The fourth-order valence-electron chi connectivity index (χ4n) is 4.85. The van der Waals surface area contributed by atoms with Gasteiger partial charge in [-0.25, -0.2) is 23.7 Å². The third kappa shape index (κ3) is 9.23. The molecule has 4 rings (SSSR count). The van der Waals surface area contributed by atoms with E-state index in [1.54, 1.807) is 24.4 Å². The van der Waals surface area contributed by atoms with E-state index in [4.69, 9.17) is 25.0 Å². The Kier molecular flexibility index (Phi) is 11.2. The fourth-order valence-corrected chi connectivity index (χ4v) is 7.88. The number of nitrogens with zero attached hydrogens (tertiary/aromatic N) is 4. The number of hydrogen-bond donors (Lipinski definition) is 6. The van der Waals surface area contributed by atoms with Crippen LogP contribution in [0.3, 0.4) is 0 Å². The molecule has 23 heteroatoms. The monoisotopic (exact) mass is 711 g/mol. The summed E-state index contributed by atoms with van der Waals surface area (Å²) < 4.78 is 60.1. The second-order valence-electron chi connectivity index (χ2n) is 10.6. The Hall–Kier alpha value is -2.67. The van der Waals surface area contributed by atoms with Crippen LogP contribution in [0.5, 0.6) is 0 Å². The summed E-state index contributed by atoms with van der Waals surface area (Å²) in [6.45, 7) is 2.97. The van der Waals surface area contributed by atoms with E-state index in [1.165, 1.54) is 17.0 Å². The summed E-state index contributed by atoms with van der Waals surface area (Å²) in [6.07, 6.45) is -1.04. The molecule has 0 radical (unpaired) electrons. The standard InChI is InChI=1S/C23H32N5O15P3/c1-13(2)7-18(15-5-3-4-6-16(15)28(30)31)39-10-14-9-27(23-21(14)22(24)25-12-26-23)20-8-17(29)19(41-20)11-40-45(35,36)43-46(37,38)42-44(32,33)34/h3-6,9,12-13,17-20,29H,7-8,10-11H2,1-2H3,(H,35,36)(H,37,38)(H2,24,25,26)(H2,32,33,34)/t17-,18+,19-,20-/m1/s1. The molecule has 3 heterocycles. The van der Waals surface area contributed by atoms with Crippen molar-refractivity contribution in [1.82, 2.24) is 14.5 Å². The molecule has 46 heavy (non-hydrogen) atoms. The Morgan fingerprint density at radius 1 is 1.13 bits per heavy atom. The van der Waals surface area contributed by atoms with Crippen molar-refractivity contribution >= 4 is 46.0 Å². The summed E-state index contributed by atoms with van der Waals surface area (Å²) in [7, 11) is -16.8. The maximum absolute atomic E-state index is 12.1. The van der Waals surface area contributed by atoms with Crippen molar-refractivity contribution in [3.05, 3.63) is 58.0 Å². The number of phosphoric ester groups is 1. The number of phosphoric acid groups is 3. The lowest BCUT2D eigenvalue weighted by Gasteiger charge is -2.20. The zero-order valence-electron chi connectivity index (χ0n) is 24.2. The van der Waals surface area contributed by atoms with Gasteiger partial charge in [-0.2, -0.15) is 8.62 Å². The van der Waals surface area contributed by atoms with Gasteiger partial charge in [0.2, 0.25) is 0 Å². The topological polar surface area (TPSA) is 298 Å². The van der Waals surface area contributed by atoms with Gasteiger partial charge < -0.3 is 44.5 Å². The number of nitro groups is 1. The molecule has 3 aromatic rings. The summed E-state index contributed by atoms with van der Waals surface area (Å²) >= 11 is 0.